The van der Waals surface area contributed by atoms with Gasteiger partial charge in [0.05, 0.1) is 0 Å². The van der Waals surface area contributed by atoms with Crippen molar-refractivity contribution in [3.63, 3.8) is 0 Å². The minimum Gasteiger partial charge on any atom is -0.457 e. The number of ether oxygens (including phenoxy) is 1. The van der Waals surface area contributed by atoms with Crippen LogP contribution in [-0.4, -0.2) is 0 Å². The van der Waals surface area contributed by atoms with Gasteiger partial charge in [-0.25, -0.2) is 4.39 Å². The van der Waals surface area contributed by atoms with E-state index in [4.69, 9.17) is 22.1 Å². The first-order chi connectivity index (χ1) is 8.97. The molecule has 2 aromatic rings. The fourth-order valence-corrected chi connectivity index (χ4v) is 2.14. The van der Waals surface area contributed by atoms with E-state index in [1.165, 1.54) is 12.1 Å². The maximum atomic E-state index is 13.0. The molecular weight excluding hydrogens is 265 g/mol. The first-order valence-electron chi connectivity index (χ1n) is 5.96. The summed E-state index contributed by atoms with van der Waals surface area (Å²) in [7, 11) is 0. The molecule has 0 saturated carbocycles. The lowest BCUT2D eigenvalue weighted by Gasteiger charge is -2.12. The number of aryl methyl sites for hydroxylation is 1. The third kappa shape index (κ3) is 3.25. The maximum Gasteiger partial charge on any atom is 0.130 e. The summed E-state index contributed by atoms with van der Waals surface area (Å²) in [5.41, 5.74) is 7.39. The molecule has 4 heteroatoms. The summed E-state index contributed by atoms with van der Waals surface area (Å²) < 4.78 is 18.7. The van der Waals surface area contributed by atoms with Crippen molar-refractivity contribution >= 4 is 11.6 Å². The van der Waals surface area contributed by atoms with Crippen LogP contribution in [0.2, 0.25) is 5.02 Å². The minimum absolute atomic E-state index is 0.130. The Hall–Kier alpha value is -1.58. The van der Waals surface area contributed by atoms with Crippen molar-refractivity contribution in [2.75, 3.05) is 0 Å². The van der Waals surface area contributed by atoms with Gasteiger partial charge in [-0.3, -0.25) is 0 Å². The minimum atomic E-state index is -0.282. The van der Waals surface area contributed by atoms with Gasteiger partial charge in [0.1, 0.15) is 17.3 Å². The van der Waals surface area contributed by atoms with E-state index < -0.39 is 0 Å². The molecule has 19 heavy (non-hydrogen) atoms. The highest BCUT2D eigenvalue weighted by molar-refractivity contribution is 6.31. The number of hydrogen-bond acceptors (Lipinski definition) is 2. The summed E-state index contributed by atoms with van der Waals surface area (Å²) in [4.78, 5) is 0. The van der Waals surface area contributed by atoms with Crippen LogP contribution in [0.4, 0.5) is 4.39 Å². The van der Waals surface area contributed by atoms with Crippen molar-refractivity contribution in [3.05, 3.63) is 58.4 Å². The molecule has 0 aliphatic rings. The van der Waals surface area contributed by atoms with Crippen LogP contribution in [0.3, 0.4) is 0 Å². The highest BCUT2D eigenvalue weighted by Crippen LogP contribution is 2.30. The van der Waals surface area contributed by atoms with Gasteiger partial charge in [0.2, 0.25) is 0 Å². The number of halogens is 2. The van der Waals surface area contributed by atoms with Crippen molar-refractivity contribution in [1.82, 2.24) is 0 Å². The second-order valence-electron chi connectivity index (χ2n) is 4.48. The average Bonchev–Trinajstić information content (AvgIpc) is 2.32. The van der Waals surface area contributed by atoms with Crippen molar-refractivity contribution < 1.29 is 9.13 Å². The van der Waals surface area contributed by atoms with Crippen molar-refractivity contribution in [1.29, 1.82) is 0 Å². The first kappa shape index (κ1) is 13.8. The van der Waals surface area contributed by atoms with E-state index in [1.807, 2.05) is 13.0 Å². The first-order valence-corrected chi connectivity index (χ1v) is 6.34. The van der Waals surface area contributed by atoms with Gasteiger partial charge in [-0.1, -0.05) is 17.7 Å². The summed E-state index contributed by atoms with van der Waals surface area (Å²) in [5.74, 6) is 0.922. The molecule has 0 bridgehead atoms. The molecule has 2 rings (SSSR count). The molecule has 2 nitrogen and oxygen atoms in total. The summed E-state index contributed by atoms with van der Waals surface area (Å²) in [6.07, 6.45) is 0. The molecular formula is C15H15ClFNO. The summed E-state index contributed by atoms with van der Waals surface area (Å²) >= 11 is 6.14. The predicted molar refractivity (Wildman–Crippen MR) is 75.3 cm³/mol. The fourth-order valence-electron chi connectivity index (χ4n) is 1.79. The van der Waals surface area contributed by atoms with Crippen LogP contribution in [0.5, 0.6) is 11.5 Å². The summed E-state index contributed by atoms with van der Waals surface area (Å²) in [6.45, 7) is 3.65. The highest BCUT2D eigenvalue weighted by Gasteiger charge is 2.08. The Labute approximate surface area is 117 Å². The molecule has 0 fully saturated rings. The van der Waals surface area contributed by atoms with Gasteiger partial charge in [0.15, 0.2) is 0 Å². The molecule has 0 aromatic heterocycles. The van der Waals surface area contributed by atoms with Gasteiger partial charge in [0.25, 0.3) is 0 Å². The van der Waals surface area contributed by atoms with Crippen molar-refractivity contribution in [2.45, 2.75) is 19.9 Å². The molecule has 100 valence electrons. The Morgan fingerprint density at radius 2 is 1.95 bits per heavy atom. The number of hydrogen-bond donors (Lipinski definition) is 1. The van der Waals surface area contributed by atoms with Gasteiger partial charge in [-0.05, 0) is 55.3 Å². The molecule has 2 N–H and O–H groups in total. The zero-order valence-corrected chi connectivity index (χ0v) is 11.5. The Morgan fingerprint density at radius 3 is 2.53 bits per heavy atom. The highest BCUT2D eigenvalue weighted by atomic mass is 35.5. The lowest BCUT2D eigenvalue weighted by atomic mass is 10.1. The Balaban J connectivity index is 2.26. The third-order valence-electron chi connectivity index (χ3n) is 2.83. The molecule has 0 spiro atoms. The molecule has 0 amide bonds. The van der Waals surface area contributed by atoms with Crippen LogP contribution in [-0.2, 0) is 0 Å². The quantitative estimate of drug-likeness (QED) is 0.891. The second-order valence-corrected chi connectivity index (χ2v) is 4.89. The largest absolute Gasteiger partial charge is 0.457 e. The Kier molecular flexibility index (Phi) is 4.08. The van der Waals surface area contributed by atoms with E-state index in [-0.39, 0.29) is 11.9 Å². The van der Waals surface area contributed by atoms with E-state index in [1.54, 1.807) is 25.1 Å². The molecule has 1 unspecified atom stereocenters. The van der Waals surface area contributed by atoms with Gasteiger partial charge >= 0.3 is 0 Å². The van der Waals surface area contributed by atoms with Crippen molar-refractivity contribution in [3.8, 4) is 11.5 Å². The maximum absolute atomic E-state index is 13.0. The monoisotopic (exact) mass is 279 g/mol. The molecule has 0 aliphatic carbocycles. The summed E-state index contributed by atoms with van der Waals surface area (Å²) in [5, 5.41) is 0.562. The average molecular weight is 280 g/mol. The third-order valence-corrected chi connectivity index (χ3v) is 3.15. The van der Waals surface area contributed by atoms with Gasteiger partial charge in [-0.2, -0.15) is 0 Å². The topological polar surface area (TPSA) is 35.2 Å². The number of rotatable bonds is 3. The molecule has 0 heterocycles. The van der Waals surface area contributed by atoms with Crippen LogP contribution < -0.4 is 10.5 Å². The molecule has 1 atom stereocenters. The van der Waals surface area contributed by atoms with E-state index in [9.17, 15) is 4.39 Å². The van der Waals surface area contributed by atoms with E-state index >= 15 is 0 Å². The van der Waals surface area contributed by atoms with Gasteiger partial charge in [0, 0.05) is 11.1 Å². The molecule has 2 aromatic carbocycles. The SMILES string of the molecule is Cc1cc(F)ccc1Oc1ccc(C(C)N)c(Cl)c1. The lowest BCUT2D eigenvalue weighted by Crippen LogP contribution is -2.05. The predicted octanol–water partition coefficient (Wildman–Crippen LogP) is 4.60. The van der Waals surface area contributed by atoms with Crippen LogP contribution in [0, 0.1) is 12.7 Å². The zero-order chi connectivity index (χ0) is 14.0. The van der Waals surface area contributed by atoms with Crippen molar-refractivity contribution in [2.24, 2.45) is 5.73 Å². The summed E-state index contributed by atoms with van der Waals surface area (Å²) in [6, 6.07) is 9.59. The van der Waals surface area contributed by atoms with E-state index in [0.717, 1.165) is 11.1 Å². The van der Waals surface area contributed by atoms with E-state index in [0.29, 0.717) is 16.5 Å². The second kappa shape index (κ2) is 5.59. The van der Waals surface area contributed by atoms with Gasteiger partial charge in [-0.15, -0.1) is 0 Å². The van der Waals surface area contributed by atoms with E-state index in [2.05, 4.69) is 0 Å². The van der Waals surface area contributed by atoms with Crippen LogP contribution in [0.1, 0.15) is 24.1 Å². The molecule has 0 saturated heterocycles. The number of nitrogens with two attached hydrogens (primary N) is 1. The zero-order valence-electron chi connectivity index (χ0n) is 10.8. The smallest absolute Gasteiger partial charge is 0.130 e. The van der Waals surface area contributed by atoms with Crippen LogP contribution in [0.25, 0.3) is 0 Å². The lowest BCUT2D eigenvalue weighted by molar-refractivity contribution is 0.476. The standard InChI is InChI=1S/C15H15ClFNO/c1-9-7-11(17)3-6-15(9)19-12-4-5-13(10(2)18)14(16)8-12/h3-8,10H,18H2,1-2H3. The number of benzene rings is 2. The molecule has 0 aliphatic heterocycles. The normalized spacial score (nSPS) is 12.3. The van der Waals surface area contributed by atoms with Crippen LogP contribution in [0.15, 0.2) is 36.4 Å². The van der Waals surface area contributed by atoms with Crippen LogP contribution >= 0.6 is 11.6 Å². The Bertz CT molecular complexity index is 599. The van der Waals surface area contributed by atoms with Gasteiger partial charge < -0.3 is 10.5 Å². The Morgan fingerprint density at radius 1 is 1.21 bits per heavy atom. The fraction of sp³-hybridized carbons (Fsp3) is 0.200. The molecule has 0 radical (unpaired) electrons.